The molecule has 0 fully saturated rings. The summed E-state index contributed by atoms with van der Waals surface area (Å²) < 4.78 is 7.37. The molecule has 0 bridgehead atoms. The fourth-order valence-corrected chi connectivity index (χ4v) is 3.39. The summed E-state index contributed by atoms with van der Waals surface area (Å²) in [5.74, 6) is 0.544. The fraction of sp³-hybridized carbons (Fsp3) is 0.211. The van der Waals surface area contributed by atoms with Crippen LogP contribution in [0.5, 0.6) is 5.75 Å². The summed E-state index contributed by atoms with van der Waals surface area (Å²) in [4.78, 5) is 27.5. The van der Waals surface area contributed by atoms with Gasteiger partial charge in [0, 0.05) is 10.6 Å². The molecule has 0 saturated heterocycles. The lowest BCUT2D eigenvalue weighted by Gasteiger charge is -2.16. The Morgan fingerprint density at radius 1 is 1.33 bits per heavy atom. The Morgan fingerprint density at radius 2 is 2.07 bits per heavy atom. The highest BCUT2D eigenvalue weighted by atomic mass is 79.9. The van der Waals surface area contributed by atoms with E-state index in [4.69, 9.17) is 16.3 Å². The number of para-hydroxylation sites is 1. The lowest BCUT2D eigenvalue weighted by Crippen LogP contribution is -2.32. The Morgan fingerprint density at radius 3 is 2.81 bits per heavy atom. The van der Waals surface area contributed by atoms with Gasteiger partial charge in [-0.3, -0.25) is 4.79 Å². The van der Waals surface area contributed by atoms with Crippen molar-refractivity contribution in [2.45, 2.75) is 26.4 Å². The molecule has 140 valence electrons. The Kier molecular flexibility index (Phi) is 5.82. The molecule has 0 spiro atoms. The number of aromatic nitrogens is 2. The molecular formula is C19H17BrClN3O3. The van der Waals surface area contributed by atoms with Crippen molar-refractivity contribution in [1.29, 1.82) is 0 Å². The molecule has 6 nitrogen and oxygen atoms in total. The molecule has 1 N–H and O–H groups in total. The highest BCUT2D eigenvalue weighted by molar-refractivity contribution is 9.10. The first-order chi connectivity index (χ1) is 12.9. The maximum absolute atomic E-state index is 12.6. The van der Waals surface area contributed by atoms with Gasteiger partial charge < -0.3 is 9.72 Å². The first-order valence-electron chi connectivity index (χ1n) is 8.34. The van der Waals surface area contributed by atoms with Crippen molar-refractivity contribution < 1.29 is 4.74 Å². The van der Waals surface area contributed by atoms with E-state index in [2.05, 4.69) is 26.0 Å². The zero-order valence-electron chi connectivity index (χ0n) is 14.7. The highest BCUT2D eigenvalue weighted by Crippen LogP contribution is 2.33. The summed E-state index contributed by atoms with van der Waals surface area (Å²) in [5, 5.41) is 4.92. The van der Waals surface area contributed by atoms with Crippen LogP contribution >= 0.6 is 27.5 Å². The molecule has 0 saturated carbocycles. The minimum atomic E-state index is -0.625. The molecule has 3 rings (SSSR count). The van der Waals surface area contributed by atoms with Crippen LogP contribution in [0.15, 0.2) is 55.6 Å². The molecule has 1 aromatic heterocycles. The second-order valence-electron chi connectivity index (χ2n) is 5.98. The standard InChI is InChI=1S/C19H17BrClN3O3/c1-3-11(2)27-17-12(8-13(21)9-15(17)20)10-22-24-18(25)14-6-4-5-7-16(14)23-19(24)26/h4-11H,3H2,1-2H3,(H,23,26). The quantitative estimate of drug-likeness (QED) is 0.593. The van der Waals surface area contributed by atoms with Crippen LogP contribution < -0.4 is 16.0 Å². The maximum atomic E-state index is 12.6. The second-order valence-corrected chi connectivity index (χ2v) is 7.27. The Bertz CT molecular complexity index is 1140. The average molecular weight is 451 g/mol. The molecule has 3 aromatic rings. The third kappa shape index (κ3) is 4.14. The van der Waals surface area contributed by atoms with Gasteiger partial charge >= 0.3 is 5.69 Å². The van der Waals surface area contributed by atoms with Gasteiger partial charge in [-0.15, -0.1) is 4.68 Å². The SMILES string of the molecule is CCC(C)Oc1c(Br)cc(Cl)cc1C=Nn1c(=O)[nH]c2ccccc2c1=O. The van der Waals surface area contributed by atoms with Gasteiger partial charge in [-0.25, -0.2) is 4.79 Å². The predicted octanol–water partition coefficient (Wildman–Crippen LogP) is 4.17. The van der Waals surface area contributed by atoms with Gasteiger partial charge in [0.2, 0.25) is 0 Å². The number of nitrogens with one attached hydrogen (secondary N) is 1. The van der Waals surface area contributed by atoms with Crippen LogP contribution in [0, 0.1) is 0 Å². The van der Waals surface area contributed by atoms with Gasteiger partial charge in [-0.1, -0.05) is 30.7 Å². The first-order valence-corrected chi connectivity index (χ1v) is 9.52. The molecule has 0 aliphatic heterocycles. The molecule has 27 heavy (non-hydrogen) atoms. The van der Waals surface area contributed by atoms with Gasteiger partial charge in [0.15, 0.2) is 0 Å². The van der Waals surface area contributed by atoms with Crippen LogP contribution in [0.3, 0.4) is 0 Å². The summed E-state index contributed by atoms with van der Waals surface area (Å²) in [6.45, 7) is 3.96. The number of benzene rings is 2. The lowest BCUT2D eigenvalue weighted by atomic mass is 10.2. The summed E-state index contributed by atoms with van der Waals surface area (Å²) in [6, 6.07) is 10.1. The zero-order valence-corrected chi connectivity index (χ0v) is 17.0. The summed E-state index contributed by atoms with van der Waals surface area (Å²) >= 11 is 9.57. The minimum absolute atomic E-state index is 0.0265. The van der Waals surface area contributed by atoms with Crippen molar-refractivity contribution in [1.82, 2.24) is 9.66 Å². The zero-order chi connectivity index (χ0) is 19.6. The molecule has 0 radical (unpaired) electrons. The minimum Gasteiger partial charge on any atom is -0.489 e. The van der Waals surface area contributed by atoms with Gasteiger partial charge in [0.25, 0.3) is 5.56 Å². The lowest BCUT2D eigenvalue weighted by molar-refractivity contribution is 0.215. The summed E-state index contributed by atoms with van der Waals surface area (Å²) in [5.41, 5.74) is -0.115. The monoisotopic (exact) mass is 449 g/mol. The Labute approximate surface area is 168 Å². The van der Waals surface area contributed by atoms with Crippen LogP contribution in [0.4, 0.5) is 0 Å². The number of fused-ring (bicyclic) bond motifs is 1. The van der Waals surface area contributed by atoms with Crippen LogP contribution in [-0.2, 0) is 0 Å². The molecular weight excluding hydrogens is 434 g/mol. The fourth-order valence-electron chi connectivity index (χ4n) is 2.46. The van der Waals surface area contributed by atoms with Crippen LogP contribution in [0.25, 0.3) is 10.9 Å². The molecule has 0 aliphatic rings. The number of H-pyrrole nitrogens is 1. The molecule has 0 aliphatic carbocycles. The van der Waals surface area contributed by atoms with Crippen LogP contribution in [0.2, 0.25) is 5.02 Å². The van der Waals surface area contributed by atoms with Gasteiger partial charge in [0.1, 0.15) is 5.75 Å². The highest BCUT2D eigenvalue weighted by Gasteiger charge is 2.13. The van der Waals surface area contributed by atoms with E-state index >= 15 is 0 Å². The molecule has 1 unspecified atom stereocenters. The van der Waals surface area contributed by atoms with E-state index in [0.29, 0.717) is 31.7 Å². The van der Waals surface area contributed by atoms with E-state index in [0.717, 1.165) is 11.1 Å². The van der Waals surface area contributed by atoms with E-state index in [1.165, 1.54) is 6.21 Å². The van der Waals surface area contributed by atoms with Gasteiger partial charge in [-0.2, -0.15) is 5.10 Å². The number of ether oxygens (including phenoxy) is 1. The largest absolute Gasteiger partial charge is 0.489 e. The third-order valence-electron chi connectivity index (χ3n) is 4.03. The smallest absolute Gasteiger partial charge is 0.349 e. The van der Waals surface area contributed by atoms with Crippen molar-refractivity contribution in [2.24, 2.45) is 5.10 Å². The average Bonchev–Trinajstić information content (AvgIpc) is 2.63. The van der Waals surface area contributed by atoms with E-state index in [1.54, 1.807) is 36.4 Å². The number of nitrogens with zero attached hydrogens (tertiary/aromatic N) is 2. The van der Waals surface area contributed by atoms with Crippen molar-refractivity contribution in [3.05, 3.63) is 72.3 Å². The molecule has 0 amide bonds. The van der Waals surface area contributed by atoms with E-state index in [-0.39, 0.29) is 6.10 Å². The Balaban J connectivity index is 2.10. The Hall–Kier alpha value is -2.38. The van der Waals surface area contributed by atoms with Gasteiger partial charge in [-0.05, 0) is 53.5 Å². The first kappa shape index (κ1) is 19.4. The van der Waals surface area contributed by atoms with Gasteiger partial charge in [0.05, 0.1) is 27.7 Å². The van der Waals surface area contributed by atoms with E-state index < -0.39 is 11.2 Å². The van der Waals surface area contributed by atoms with Crippen molar-refractivity contribution >= 4 is 44.6 Å². The molecule has 2 aromatic carbocycles. The van der Waals surface area contributed by atoms with Crippen molar-refractivity contribution in [2.75, 3.05) is 0 Å². The predicted molar refractivity (Wildman–Crippen MR) is 111 cm³/mol. The summed E-state index contributed by atoms with van der Waals surface area (Å²) in [7, 11) is 0. The number of hydrogen-bond donors (Lipinski definition) is 1. The second kappa shape index (κ2) is 8.10. The maximum Gasteiger partial charge on any atom is 0.349 e. The topological polar surface area (TPSA) is 76.5 Å². The van der Waals surface area contributed by atoms with Crippen molar-refractivity contribution in [3.63, 3.8) is 0 Å². The van der Waals surface area contributed by atoms with Crippen LogP contribution in [0.1, 0.15) is 25.8 Å². The number of rotatable bonds is 5. The molecule has 8 heteroatoms. The van der Waals surface area contributed by atoms with Crippen molar-refractivity contribution in [3.8, 4) is 5.75 Å². The summed E-state index contributed by atoms with van der Waals surface area (Å²) in [6.07, 6.45) is 2.18. The number of hydrogen-bond acceptors (Lipinski definition) is 4. The van der Waals surface area contributed by atoms with Crippen LogP contribution in [-0.4, -0.2) is 22.0 Å². The molecule has 1 heterocycles. The molecule has 1 atom stereocenters. The normalized spacial score (nSPS) is 12.6. The van der Waals surface area contributed by atoms with E-state index in [9.17, 15) is 9.59 Å². The van der Waals surface area contributed by atoms with E-state index in [1.807, 2.05) is 13.8 Å². The number of halogens is 2. The third-order valence-corrected chi connectivity index (χ3v) is 4.83. The number of aromatic amines is 1.